The van der Waals surface area contributed by atoms with Crippen LogP contribution in [0.5, 0.6) is 5.75 Å². The normalized spacial score (nSPS) is 12.7. The number of imide groups is 1. The highest BCUT2D eigenvalue weighted by molar-refractivity contribution is 6.21. The van der Waals surface area contributed by atoms with Crippen LogP contribution in [0.4, 0.5) is 0 Å². The fourth-order valence-electron chi connectivity index (χ4n) is 4.34. The molecule has 4 aromatic rings. The summed E-state index contributed by atoms with van der Waals surface area (Å²) in [6, 6.07) is 17.1. The summed E-state index contributed by atoms with van der Waals surface area (Å²) >= 11 is 0. The van der Waals surface area contributed by atoms with Gasteiger partial charge in [0.1, 0.15) is 5.75 Å². The van der Waals surface area contributed by atoms with Crippen LogP contribution >= 0.6 is 0 Å². The van der Waals surface area contributed by atoms with E-state index < -0.39 is 0 Å². The first-order valence-corrected chi connectivity index (χ1v) is 12.0. The number of carbonyl (C=O) groups is 3. The lowest BCUT2D eigenvalue weighted by atomic mass is 10.1. The number of nitrogens with zero attached hydrogens (tertiary/aromatic N) is 4. The predicted molar refractivity (Wildman–Crippen MR) is 135 cm³/mol. The van der Waals surface area contributed by atoms with Crippen LogP contribution in [-0.4, -0.2) is 50.0 Å². The number of rotatable bonds is 9. The van der Waals surface area contributed by atoms with Crippen LogP contribution in [-0.2, 0) is 13.1 Å². The molecule has 1 aliphatic rings. The van der Waals surface area contributed by atoms with Crippen LogP contribution < -0.4 is 15.7 Å². The molecule has 188 valence electrons. The van der Waals surface area contributed by atoms with E-state index in [1.165, 1.54) is 14.0 Å². The van der Waals surface area contributed by atoms with Gasteiger partial charge in [0.15, 0.2) is 5.65 Å². The molecular formula is C27H25N5O5. The molecule has 2 aromatic heterocycles. The Kier molecular flexibility index (Phi) is 6.55. The Balaban J connectivity index is 1.26. The van der Waals surface area contributed by atoms with Gasteiger partial charge in [0.05, 0.1) is 29.8 Å². The molecule has 0 saturated heterocycles. The van der Waals surface area contributed by atoms with Crippen molar-refractivity contribution >= 4 is 23.4 Å². The van der Waals surface area contributed by atoms with Gasteiger partial charge in [0.25, 0.3) is 17.7 Å². The minimum absolute atomic E-state index is 0.0375. The summed E-state index contributed by atoms with van der Waals surface area (Å²) in [6.45, 7) is 2.89. The second-order valence-electron chi connectivity index (χ2n) is 8.55. The molecule has 0 fully saturated rings. The number of hydrogen-bond acceptors (Lipinski definition) is 6. The van der Waals surface area contributed by atoms with E-state index in [0.717, 1.165) is 0 Å². The first kappa shape index (κ1) is 24.0. The molecule has 0 aliphatic carbocycles. The van der Waals surface area contributed by atoms with Crippen molar-refractivity contribution in [1.29, 1.82) is 0 Å². The van der Waals surface area contributed by atoms with Crippen LogP contribution in [0.2, 0.25) is 0 Å². The van der Waals surface area contributed by atoms with E-state index in [0.29, 0.717) is 59.8 Å². The highest BCUT2D eigenvalue weighted by atomic mass is 16.5. The molecule has 1 aliphatic heterocycles. The van der Waals surface area contributed by atoms with Gasteiger partial charge in [-0.3, -0.25) is 23.7 Å². The monoisotopic (exact) mass is 499 g/mol. The number of fused-ring (bicyclic) bond motifs is 2. The lowest BCUT2D eigenvalue weighted by molar-refractivity contribution is 0.0642. The van der Waals surface area contributed by atoms with Gasteiger partial charge in [-0.05, 0) is 55.3 Å². The molecule has 2 aromatic carbocycles. The van der Waals surface area contributed by atoms with Crippen LogP contribution in [0.15, 0.2) is 71.7 Å². The smallest absolute Gasteiger partial charge is 0.350 e. The number of nitrogens with one attached hydrogen (secondary N) is 1. The van der Waals surface area contributed by atoms with Crippen molar-refractivity contribution < 1.29 is 19.1 Å². The standard InChI is InChI=1S/C27H25N5O5/c1-2-37-22-12-11-18(17-31-25(34)19-8-3-4-9-20(19)26(31)35)16-21(22)24(33)28-13-7-15-32-27(36)30-14-6-5-10-23(30)29-32/h3-6,8-12,14,16H,2,7,13,15,17H2,1H3,(H,28,33). The maximum Gasteiger partial charge on any atom is 0.350 e. The minimum Gasteiger partial charge on any atom is -0.493 e. The maximum absolute atomic E-state index is 13.0. The van der Waals surface area contributed by atoms with Crippen molar-refractivity contribution in [3.8, 4) is 5.75 Å². The van der Waals surface area contributed by atoms with Crippen molar-refractivity contribution in [2.45, 2.75) is 26.4 Å². The van der Waals surface area contributed by atoms with E-state index in [-0.39, 0.29) is 30.0 Å². The summed E-state index contributed by atoms with van der Waals surface area (Å²) in [4.78, 5) is 52.1. The average molecular weight is 500 g/mol. The average Bonchev–Trinajstić information content (AvgIpc) is 3.36. The molecule has 3 amide bonds. The Hall–Kier alpha value is -4.73. The summed E-state index contributed by atoms with van der Waals surface area (Å²) in [5, 5.41) is 7.15. The number of benzene rings is 2. The first-order chi connectivity index (χ1) is 18.0. The largest absolute Gasteiger partial charge is 0.493 e. The summed E-state index contributed by atoms with van der Waals surface area (Å²) in [7, 11) is 0. The third-order valence-corrected chi connectivity index (χ3v) is 6.13. The molecule has 10 nitrogen and oxygen atoms in total. The molecule has 0 spiro atoms. The number of ether oxygens (including phenoxy) is 1. The third kappa shape index (κ3) is 4.61. The van der Waals surface area contributed by atoms with Crippen LogP contribution in [0.25, 0.3) is 5.65 Å². The zero-order valence-electron chi connectivity index (χ0n) is 20.2. The van der Waals surface area contributed by atoms with Crippen molar-refractivity contribution in [2.24, 2.45) is 0 Å². The number of carbonyl (C=O) groups excluding carboxylic acids is 3. The van der Waals surface area contributed by atoms with Crippen molar-refractivity contribution in [3.05, 3.63) is 99.6 Å². The fourth-order valence-corrected chi connectivity index (χ4v) is 4.34. The molecular weight excluding hydrogens is 474 g/mol. The summed E-state index contributed by atoms with van der Waals surface area (Å²) in [6.07, 6.45) is 2.15. The highest BCUT2D eigenvalue weighted by Gasteiger charge is 2.35. The SMILES string of the molecule is CCOc1ccc(CN2C(=O)c3ccccc3C2=O)cc1C(=O)NCCCn1nc2ccccn2c1=O. The van der Waals surface area contributed by atoms with E-state index >= 15 is 0 Å². The third-order valence-electron chi connectivity index (χ3n) is 6.13. The van der Waals surface area contributed by atoms with Crippen molar-refractivity contribution in [3.63, 3.8) is 0 Å². The van der Waals surface area contributed by atoms with Crippen molar-refractivity contribution in [1.82, 2.24) is 24.4 Å². The van der Waals surface area contributed by atoms with Gasteiger partial charge >= 0.3 is 5.69 Å². The topological polar surface area (TPSA) is 115 Å². The zero-order chi connectivity index (χ0) is 25.9. The summed E-state index contributed by atoms with van der Waals surface area (Å²) in [5.74, 6) is -0.664. The van der Waals surface area contributed by atoms with E-state index in [4.69, 9.17) is 4.74 Å². The van der Waals surface area contributed by atoms with Gasteiger partial charge in [0.2, 0.25) is 0 Å². The zero-order valence-corrected chi connectivity index (χ0v) is 20.2. The molecule has 0 bridgehead atoms. The lowest BCUT2D eigenvalue weighted by Gasteiger charge is -2.16. The first-order valence-electron chi connectivity index (χ1n) is 12.0. The molecule has 37 heavy (non-hydrogen) atoms. The fraction of sp³-hybridized carbons (Fsp3) is 0.222. The van der Waals surface area contributed by atoms with Gasteiger partial charge in [0, 0.05) is 19.3 Å². The number of hydrogen-bond donors (Lipinski definition) is 1. The van der Waals surface area contributed by atoms with Crippen molar-refractivity contribution in [2.75, 3.05) is 13.2 Å². The molecule has 5 rings (SSSR count). The van der Waals surface area contributed by atoms with Gasteiger partial charge in [-0.25, -0.2) is 9.48 Å². The molecule has 0 saturated carbocycles. The Morgan fingerprint density at radius 1 is 0.973 bits per heavy atom. The molecule has 0 atom stereocenters. The Morgan fingerprint density at radius 2 is 1.70 bits per heavy atom. The Labute approximate surface area is 212 Å². The van der Waals surface area contributed by atoms with E-state index in [9.17, 15) is 19.2 Å². The maximum atomic E-state index is 13.0. The summed E-state index contributed by atoms with van der Waals surface area (Å²) in [5.41, 5.74) is 2.01. The van der Waals surface area contributed by atoms with E-state index in [1.54, 1.807) is 60.8 Å². The quantitative estimate of drug-likeness (QED) is 0.280. The molecule has 0 unspecified atom stereocenters. The molecule has 1 N–H and O–H groups in total. The minimum atomic E-state index is -0.359. The number of aromatic nitrogens is 3. The molecule has 10 heteroatoms. The number of pyridine rings is 1. The van der Waals surface area contributed by atoms with Crippen LogP contribution in [0.1, 0.15) is 50.0 Å². The van der Waals surface area contributed by atoms with Gasteiger partial charge < -0.3 is 10.1 Å². The second-order valence-corrected chi connectivity index (χ2v) is 8.55. The molecule has 0 radical (unpaired) electrons. The van der Waals surface area contributed by atoms with E-state index in [2.05, 4.69) is 10.4 Å². The second kappa shape index (κ2) is 10.1. The van der Waals surface area contributed by atoms with Gasteiger partial charge in [-0.2, -0.15) is 0 Å². The summed E-state index contributed by atoms with van der Waals surface area (Å²) < 4.78 is 8.47. The lowest BCUT2D eigenvalue weighted by Crippen LogP contribution is -2.30. The number of amides is 3. The van der Waals surface area contributed by atoms with Gasteiger partial charge in [-0.15, -0.1) is 5.10 Å². The van der Waals surface area contributed by atoms with Gasteiger partial charge in [-0.1, -0.05) is 24.3 Å². The van der Waals surface area contributed by atoms with Crippen LogP contribution in [0.3, 0.4) is 0 Å². The highest BCUT2D eigenvalue weighted by Crippen LogP contribution is 2.26. The molecule has 3 heterocycles. The Morgan fingerprint density at radius 3 is 2.41 bits per heavy atom. The van der Waals surface area contributed by atoms with E-state index in [1.807, 2.05) is 13.0 Å². The predicted octanol–water partition coefficient (Wildman–Crippen LogP) is 2.51. The Bertz CT molecular complexity index is 1540. The number of aryl methyl sites for hydroxylation is 1. The van der Waals surface area contributed by atoms with Crippen LogP contribution in [0, 0.1) is 0 Å².